The minimum atomic E-state index is -0.902. The number of carbonyl (C=O) groups is 1. The molecule has 2 atom stereocenters. The van der Waals surface area contributed by atoms with Gasteiger partial charge in [0.25, 0.3) is 0 Å². The molecule has 0 aliphatic rings. The normalized spacial score (nSPS) is 14.2. The minimum Gasteiger partial charge on any atom is -0.481 e. The molecule has 0 amide bonds. The van der Waals surface area contributed by atoms with Crippen LogP contribution in [-0.4, -0.2) is 31.9 Å². The van der Waals surface area contributed by atoms with Gasteiger partial charge >= 0.3 is 5.97 Å². The van der Waals surface area contributed by atoms with Gasteiger partial charge in [-0.3, -0.25) is 4.79 Å². The van der Waals surface area contributed by atoms with E-state index in [2.05, 4.69) is 0 Å². The molecule has 0 bridgehead atoms. The van der Waals surface area contributed by atoms with Crippen molar-refractivity contribution in [2.45, 2.75) is 18.6 Å². The Morgan fingerprint density at radius 2 is 1.83 bits per heavy atom. The van der Waals surface area contributed by atoms with Gasteiger partial charge in [0.05, 0.1) is 13.0 Å². The van der Waals surface area contributed by atoms with E-state index in [4.69, 9.17) is 20.3 Å². The maximum atomic E-state index is 10.6. The van der Waals surface area contributed by atoms with Gasteiger partial charge in [-0.2, -0.15) is 0 Å². The van der Waals surface area contributed by atoms with Gasteiger partial charge in [0.1, 0.15) is 6.10 Å². The lowest BCUT2D eigenvalue weighted by molar-refractivity contribution is -0.137. The van der Waals surface area contributed by atoms with Crippen LogP contribution >= 0.6 is 0 Å². The van der Waals surface area contributed by atoms with Crippen molar-refractivity contribution in [3.8, 4) is 0 Å². The fourth-order valence-corrected chi connectivity index (χ4v) is 1.72. The fourth-order valence-electron chi connectivity index (χ4n) is 1.72. The first-order valence-electron chi connectivity index (χ1n) is 5.67. The van der Waals surface area contributed by atoms with E-state index in [0.717, 1.165) is 11.1 Å². The number of hydrogen-bond donors (Lipinski definition) is 2. The van der Waals surface area contributed by atoms with Crippen molar-refractivity contribution in [3.05, 3.63) is 35.4 Å². The molecular weight excluding hydrogens is 234 g/mol. The van der Waals surface area contributed by atoms with Gasteiger partial charge in [-0.1, -0.05) is 24.3 Å². The second-order valence-corrected chi connectivity index (χ2v) is 4.05. The lowest BCUT2D eigenvalue weighted by Crippen LogP contribution is -2.15. The standard InChI is InChI=1S/C13H19NO4/c1-17-8-12(18-2)10-5-3-9(4-6-10)11(14)7-13(15)16/h3-6,11-12H,7-8,14H2,1-2H3,(H,15,16). The van der Waals surface area contributed by atoms with E-state index in [9.17, 15) is 4.79 Å². The summed E-state index contributed by atoms with van der Waals surface area (Å²) in [5.41, 5.74) is 7.55. The third-order valence-electron chi connectivity index (χ3n) is 2.73. The topological polar surface area (TPSA) is 81.8 Å². The first-order valence-corrected chi connectivity index (χ1v) is 5.67. The first kappa shape index (κ1) is 14.6. The number of carboxylic acid groups (broad SMARTS) is 1. The van der Waals surface area contributed by atoms with E-state index in [1.54, 1.807) is 14.2 Å². The molecule has 0 saturated heterocycles. The summed E-state index contributed by atoms with van der Waals surface area (Å²) in [7, 11) is 3.23. The zero-order valence-electron chi connectivity index (χ0n) is 10.6. The molecule has 0 spiro atoms. The van der Waals surface area contributed by atoms with Crippen LogP contribution in [0.2, 0.25) is 0 Å². The summed E-state index contributed by atoms with van der Waals surface area (Å²) in [4.78, 5) is 10.6. The molecule has 1 rings (SSSR count). The SMILES string of the molecule is COCC(OC)c1ccc(C(N)CC(=O)O)cc1. The van der Waals surface area contributed by atoms with Crippen LogP contribution in [0.15, 0.2) is 24.3 Å². The molecule has 0 fully saturated rings. The molecular formula is C13H19NO4. The fraction of sp³-hybridized carbons (Fsp3) is 0.462. The summed E-state index contributed by atoms with van der Waals surface area (Å²) in [6.45, 7) is 0.469. The van der Waals surface area contributed by atoms with Crippen LogP contribution < -0.4 is 5.73 Å². The van der Waals surface area contributed by atoms with E-state index in [0.29, 0.717) is 6.61 Å². The third kappa shape index (κ3) is 4.10. The summed E-state index contributed by atoms with van der Waals surface area (Å²) >= 11 is 0. The second-order valence-electron chi connectivity index (χ2n) is 4.05. The zero-order valence-corrected chi connectivity index (χ0v) is 10.6. The maximum absolute atomic E-state index is 10.6. The van der Waals surface area contributed by atoms with E-state index >= 15 is 0 Å². The molecule has 0 radical (unpaired) electrons. The maximum Gasteiger partial charge on any atom is 0.305 e. The number of hydrogen-bond acceptors (Lipinski definition) is 4. The zero-order chi connectivity index (χ0) is 13.5. The number of carboxylic acids is 1. The van der Waals surface area contributed by atoms with Crippen LogP contribution in [0.4, 0.5) is 0 Å². The van der Waals surface area contributed by atoms with Crippen molar-refractivity contribution >= 4 is 5.97 Å². The van der Waals surface area contributed by atoms with Crippen molar-refractivity contribution in [3.63, 3.8) is 0 Å². The van der Waals surface area contributed by atoms with Crippen molar-refractivity contribution < 1.29 is 19.4 Å². The van der Waals surface area contributed by atoms with Gasteiger partial charge < -0.3 is 20.3 Å². The van der Waals surface area contributed by atoms with E-state index in [-0.39, 0.29) is 12.5 Å². The van der Waals surface area contributed by atoms with Gasteiger partial charge in [0.15, 0.2) is 0 Å². The molecule has 18 heavy (non-hydrogen) atoms. The molecule has 100 valence electrons. The Balaban J connectivity index is 2.75. The van der Waals surface area contributed by atoms with Gasteiger partial charge in [-0.05, 0) is 11.1 Å². The van der Waals surface area contributed by atoms with Crippen LogP contribution in [0, 0.1) is 0 Å². The Morgan fingerprint density at radius 1 is 1.28 bits per heavy atom. The lowest BCUT2D eigenvalue weighted by Gasteiger charge is -2.16. The Bertz CT molecular complexity index is 377. The van der Waals surface area contributed by atoms with Gasteiger partial charge in [-0.15, -0.1) is 0 Å². The number of aliphatic carboxylic acids is 1. The highest BCUT2D eigenvalue weighted by Gasteiger charge is 2.13. The smallest absolute Gasteiger partial charge is 0.305 e. The lowest BCUT2D eigenvalue weighted by atomic mass is 10.0. The minimum absolute atomic E-state index is 0.0782. The van der Waals surface area contributed by atoms with Crippen LogP contribution in [-0.2, 0) is 14.3 Å². The van der Waals surface area contributed by atoms with Crippen LogP contribution in [0.25, 0.3) is 0 Å². The summed E-state index contributed by atoms with van der Waals surface area (Å²) in [6, 6.07) is 6.92. The Kier molecular flexibility index (Phi) is 5.77. The number of ether oxygens (including phenoxy) is 2. The molecule has 1 aromatic carbocycles. The Hall–Kier alpha value is -1.43. The highest BCUT2D eigenvalue weighted by molar-refractivity contribution is 5.67. The molecule has 5 nitrogen and oxygen atoms in total. The average Bonchev–Trinajstić information content (AvgIpc) is 2.35. The molecule has 3 N–H and O–H groups in total. The summed E-state index contributed by atoms with van der Waals surface area (Å²) < 4.78 is 10.3. The molecule has 5 heteroatoms. The number of methoxy groups -OCH3 is 2. The number of rotatable bonds is 7. The molecule has 1 aromatic rings. The molecule has 0 aliphatic heterocycles. The summed E-state index contributed by atoms with van der Waals surface area (Å²) in [6.07, 6.45) is -0.203. The van der Waals surface area contributed by atoms with Crippen molar-refractivity contribution in [2.24, 2.45) is 5.73 Å². The number of nitrogens with two attached hydrogens (primary N) is 1. The van der Waals surface area contributed by atoms with Crippen molar-refractivity contribution in [2.75, 3.05) is 20.8 Å². The van der Waals surface area contributed by atoms with Gasteiger partial charge in [-0.25, -0.2) is 0 Å². The second kappa shape index (κ2) is 7.10. The molecule has 0 aromatic heterocycles. The quantitative estimate of drug-likeness (QED) is 0.769. The highest BCUT2D eigenvalue weighted by atomic mass is 16.5. The van der Waals surface area contributed by atoms with E-state index in [1.165, 1.54) is 0 Å². The van der Waals surface area contributed by atoms with E-state index < -0.39 is 12.0 Å². The predicted octanol–water partition coefficient (Wildman–Crippen LogP) is 1.50. The van der Waals surface area contributed by atoms with Crippen molar-refractivity contribution in [1.82, 2.24) is 0 Å². The highest BCUT2D eigenvalue weighted by Crippen LogP contribution is 2.20. The van der Waals surface area contributed by atoms with Gasteiger partial charge in [0, 0.05) is 20.3 Å². The largest absolute Gasteiger partial charge is 0.481 e. The van der Waals surface area contributed by atoms with Gasteiger partial charge in [0.2, 0.25) is 0 Å². The van der Waals surface area contributed by atoms with Crippen LogP contribution in [0.3, 0.4) is 0 Å². The molecule has 0 heterocycles. The first-order chi connectivity index (χ1) is 8.58. The predicted molar refractivity (Wildman–Crippen MR) is 67.2 cm³/mol. The summed E-state index contributed by atoms with van der Waals surface area (Å²) in [5, 5.41) is 8.68. The Morgan fingerprint density at radius 3 is 2.28 bits per heavy atom. The monoisotopic (exact) mass is 253 g/mol. The molecule has 2 unspecified atom stereocenters. The molecule has 0 aliphatic carbocycles. The third-order valence-corrected chi connectivity index (χ3v) is 2.73. The van der Waals surface area contributed by atoms with Crippen LogP contribution in [0.1, 0.15) is 29.7 Å². The average molecular weight is 253 g/mol. The van der Waals surface area contributed by atoms with Crippen LogP contribution in [0.5, 0.6) is 0 Å². The van der Waals surface area contributed by atoms with Crippen molar-refractivity contribution in [1.29, 1.82) is 0 Å². The summed E-state index contributed by atoms with van der Waals surface area (Å²) in [5.74, 6) is -0.902. The molecule has 0 saturated carbocycles. The number of benzene rings is 1. The Labute approximate surface area is 107 Å². The van der Waals surface area contributed by atoms with E-state index in [1.807, 2.05) is 24.3 Å².